The second kappa shape index (κ2) is 3.72. The van der Waals surface area contributed by atoms with Crippen LogP contribution in [0.3, 0.4) is 0 Å². The summed E-state index contributed by atoms with van der Waals surface area (Å²) in [6, 6.07) is 1.73. The number of rotatable bonds is 2. The van der Waals surface area contributed by atoms with E-state index in [1.165, 1.54) is 0 Å². The van der Waals surface area contributed by atoms with E-state index in [4.69, 9.17) is 0 Å². The van der Waals surface area contributed by atoms with Crippen LogP contribution in [0.1, 0.15) is 19.0 Å². The predicted molar refractivity (Wildman–Crippen MR) is 47.6 cm³/mol. The smallest absolute Gasteiger partial charge is 0.151 e. The number of aryl methyl sites for hydroxylation is 1. The van der Waals surface area contributed by atoms with E-state index in [2.05, 4.69) is 27.8 Å². The largest absolute Gasteiger partial charge is 0.505 e. The Morgan fingerprint density at radius 3 is 3.00 bits per heavy atom. The highest BCUT2D eigenvalue weighted by atomic mass is 79.9. The van der Waals surface area contributed by atoms with Crippen molar-refractivity contribution in [1.29, 1.82) is 0 Å². The van der Waals surface area contributed by atoms with Gasteiger partial charge in [0.2, 0.25) is 0 Å². The van der Waals surface area contributed by atoms with E-state index in [1.54, 1.807) is 12.3 Å². The van der Waals surface area contributed by atoms with Gasteiger partial charge in [-0.05, 0) is 28.4 Å². The zero-order valence-electron chi connectivity index (χ0n) is 6.34. The summed E-state index contributed by atoms with van der Waals surface area (Å²) >= 11 is 3.23. The summed E-state index contributed by atoms with van der Waals surface area (Å²) in [6.45, 7) is 2.06. The molecule has 0 atom stereocenters. The van der Waals surface area contributed by atoms with Gasteiger partial charge in [-0.15, -0.1) is 0 Å². The Hall–Kier alpha value is -0.570. The van der Waals surface area contributed by atoms with Crippen LogP contribution in [0.15, 0.2) is 16.7 Å². The van der Waals surface area contributed by atoms with E-state index in [9.17, 15) is 5.11 Å². The lowest BCUT2D eigenvalue weighted by Crippen LogP contribution is -1.89. The number of pyridine rings is 1. The first-order valence-electron chi connectivity index (χ1n) is 3.58. The first-order chi connectivity index (χ1) is 5.25. The van der Waals surface area contributed by atoms with Crippen LogP contribution in [0.2, 0.25) is 0 Å². The number of hydrogen-bond donors (Lipinski definition) is 1. The van der Waals surface area contributed by atoms with E-state index >= 15 is 0 Å². The lowest BCUT2D eigenvalue weighted by molar-refractivity contribution is 0.460. The van der Waals surface area contributed by atoms with Crippen LogP contribution >= 0.6 is 15.9 Å². The molecule has 2 nitrogen and oxygen atoms in total. The van der Waals surface area contributed by atoms with Gasteiger partial charge >= 0.3 is 0 Å². The number of aromatic nitrogens is 1. The Balaban J connectivity index is 2.96. The highest BCUT2D eigenvalue weighted by molar-refractivity contribution is 9.10. The lowest BCUT2D eigenvalue weighted by atomic mass is 10.2. The van der Waals surface area contributed by atoms with E-state index in [0.29, 0.717) is 0 Å². The fourth-order valence-electron chi connectivity index (χ4n) is 0.890. The molecule has 3 heteroatoms. The van der Waals surface area contributed by atoms with E-state index in [0.717, 1.165) is 23.0 Å². The summed E-state index contributed by atoms with van der Waals surface area (Å²) in [4.78, 5) is 4.05. The summed E-state index contributed by atoms with van der Waals surface area (Å²) in [5, 5.41) is 9.42. The minimum absolute atomic E-state index is 0.273. The first kappa shape index (κ1) is 8.53. The molecule has 0 aliphatic heterocycles. The molecule has 0 spiro atoms. The molecule has 60 valence electrons. The maximum atomic E-state index is 9.42. The topological polar surface area (TPSA) is 33.1 Å². The minimum Gasteiger partial charge on any atom is -0.505 e. The van der Waals surface area contributed by atoms with Crippen LogP contribution in [0.5, 0.6) is 5.75 Å². The van der Waals surface area contributed by atoms with Crippen molar-refractivity contribution in [3.63, 3.8) is 0 Å². The van der Waals surface area contributed by atoms with E-state index in [-0.39, 0.29) is 5.75 Å². The van der Waals surface area contributed by atoms with Crippen LogP contribution < -0.4 is 0 Å². The van der Waals surface area contributed by atoms with Gasteiger partial charge in [0.25, 0.3) is 0 Å². The molecule has 0 saturated heterocycles. The standard InChI is InChI=1S/C8H10BrNO/c1-2-3-7-8(11)6(9)4-5-10-7/h4-5,11H,2-3H2,1H3. The Kier molecular flexibility index (Phi) is 2.88. The molecule has 0 aliphatic rings. The van der Waals surface area contributed by atoms with Gasteiger partial charge < -0.3 is 5.11 Å². The first-order valence-corrected chi connectivity index (χ1v) is 4.37. The van der Waals surface area contributed by atoms with Crippen molar-refractivity contribution in [1.82, 2.24) is 4.98 Å². The molecule has 0 amide bonds. The quantitative estimate of drug-likeness (QED) is 0.823. The summed E-state index contributed by atoms with van der Waals surface area (Å²) in [6.07, 6.45) is 3.51. The van der Waals surface area contributed by atoms with E-state index in [1.807, 2.05) is 0 Å². The molecular formula is C8H10BrNO. The Morgan fingerprint density at radius 1 is 1.64 bits per heavy atom. The molecule has 0 radical (unpaired) electrons. The normalized spacial score (nSPS) is 10.0. The van der Waals surface area contributed by atoms with Crippen molar-refractivity contribution >= 4 is 15.9 Å². The summed E-state index contributed by atoms with van der Waals surface area (Å²) in [5.41, 5.74) is 0.766. The van der Waals surface area contributed by atoms with E-state index < -0.39 is 0 Å². The third-order valence-corrected chi connectivity index (χ3v) is 2.08. The van der Waals surface area contributed by atoms with Crippen LogP contribution in [0.25, 0.3) is 0 Å². The van der Waals surface area contributed by atoms with Crippen molar-refractivity contribution in [2.75, 3.05) is 0 Å². The summed E-state index contributed by atoms with van der Waals surface area (Å²) in [7, 11) is 0. The van der Waals surface area contributed by atoms with Crippen molar-refractivity contribution in [2.24, 2.45) is 0 Å². The second-order valence-corrected chi connectivity index (χ2v) is 3.19. The molecule has 1 rings (SSSR count). The zero-order valence-corrected chi connectivity index (χ0v) is 7.93. The molecule has 0 bridgehead atoms. The van der Waals surface area contributed by atoms with Gasteiger partial charge in [-0.1, -0.05) is 13.3 Å². The maximum absolute atomic E-state index is 9.42. The zero-order chi connectivity index (χ0) is 8.27. The fraction of sp³-hybridized carbons (Fsp3) is 0.375. The lowest BCUT2D eigenvalue weighted by Gasteiger charge is -2.01. The van der Waals surface area contributed by atoms with Gasteiger partial charge in [-0.2, -0.15) is 0 Å². The van der Waals surface area contributed by atoms with Crippen molar-refractivity contribution in [3.8, 4) is 5.75 Å². The minimum atomic E-state index is 0.273. The Labute approximate surface area is 74.4 Å². The van der Waals surface area contributed by atoms with Crippen molar-refractivity contribution in [2.45, 2.75) is 19.8 Å². The van der Waals surface area contributed by atoms with Crippen LogP contribution in [0, 0.1) is 0 Å². The number of halogens is 1. The summed E-state index contributed by atoms with van der Waals surface area (Å²) < 4.78 is 0.718. The SMILES string of the molecule is CCCc1nccc(Br)c1O. The van der Waals surface area contributed by atoms with Gasteiger partial charge in [0, 0.05) is 6.20 Å². The molecule has 1 aromatic rings. The third-order valence-electron chi connectivity index (χ3n) is 1.44. The molecule has 0 aliphatic carbocycles. The molecule has 11 heavy (non-hydrogen) atoms. The van der Waals surface area contributed by atoms with Gasteiger partial charge in [0.05, 0.1) is 10.2 Å². The van der Waals surface area contributed by atoms with Crippen LogP contribution in [0.4, 0.5) is 0 Å². The maximum Gasteiger partial charge on any atom is 0.151 e. The van der Waals surface area contributed by atoms with Crippen LogP contribution in [-0.2, 0) is 6.42 Å². The second-order valence-electron chi connectivity index (χ2n) is 2.34. The highest BCUT2D eigenvalue weighted by Gasteiger charge is 2.03. The number of hydrogen-bond acceptors (Lipinski definition) is 2. The number of aromatic hydroxyl groups is 1. The summed E-state index contributed by atoms with van der Waals surface area (Å²) in [5.74, 6) is 0.273. The monoisotopic (exact) mass is 215 g/mol. The van der Waals surface area contributed by atoms with Gasteiger partial charge in [0.15, 0.2) is 5.75 Å². The average molecular weight is 216 g/mol. The Bertz CT molecular complexity index is 250. The van der Waals surface area contributed by atoms with Gasteiger partial charge in [-0.25, -0.2) is 0 Å². The molecule has 0 saturated carbocycles. The van der Waals surface area contributed by atoms with Gasteiger partial charge in [-0.3, -0.25) is 4.98 Å². The molecule has 0 aromatic carbocycles. The predicted octanol–water partition coefficient (Wildman–Crippen LogP) is 2.50. The van der Waals surface area contributed by atoms with Crippen molar-refractivity contribution < 1.29 is 5.11 Å². The molecule has 0 fully saturated rings. The number of nitrogens with zero attached hydrogens (tertiary/aromatic N) is 1. The molecular weight excluding hydrogens is 206 g/mol. The third kappa shape index (κ3) is 1.93. The van der Waals surface area contributed by atoms with Gasteiger partial charge in [0.1, 0.15) is 0 Å². The Morgan fingerprint density at radius 2 is 2.36 bits per heavy atom. The molecule has 1 heterocycles. The van der Waals surface area contributed by atoms with Crippen LogP contribution in [-0.4, -0.2) is 10.1 Å². The molecule has 1 N–H and O–H groups in total. The molecule has 0 unspecified atom stereocenters. The van der Waals surface area contributed by atoms with Crippen molar-refractivity contribution in [3.05, 3.63) is 22.4 Å². The molecule has 1 aromatic heterocycles. The highest BCUT2D eigenvalue weighted by Crippen LogP contribution is 2.26. The average Bonchev–Trinajstić information content (AvgIpc) is 1.99. The fourth-order valence-corrected chi connectivity index (χ4v) is 1.24.